The Kier molecular flexibility index (Phi) is 6.75. The van der Waals surface area contributed by atoms with Gasteiger partial charge in [0.15, 0.2) is 0 Å². The smallest absolute Gasteiger partial charge is 0.239 e. The van der Waals surface area contributed by atoms with Crippen LogP contribution in [0.4, 0.5) is 10.1 Å². The molecule has 2 unspecified atom stereocenters. The second kappa shape index (κ2) is 8.80. The van der Waals surface area contributed by atoms with Crippen LogP contribution in [0.25, 0.3) is 0 Å². The summed E-state index contributed by atoms with van der Waals surface area (Å²) in [5.74, 6) is -0.376. The molecule has 2 atom stereocenters. The van der Waals surface area contributed by atoms with Gasteiger partial charge in [-0.05, 0) is 31.2 Å². The molecule has 0 aromatic heterocycles. The molecule has 0 saturated carbocycles. The van der Waals surface area contributed by atoms with Gasteiger partial charge >= 0.3 is 0 Å². The molecule has 0 radical (unpaired) electrons. The van der Waals surface area contributed by atoms with Gasteiger partial charge in [-0.25, -0.2) is 4.39 Å². The summed E-state index contributed by atoms with van der Waals surface area (Å²) in [6.45, 7) is 1.69. The molecule has 0 heterocycles. The molecule has 2 aromatic carbocycles. The van der Waals surface area contributed by atoms with Crippen molar-refractivity contribution in [3.8, 4) is 5.75 Å². The van der Waals surface area contributed by atoms with Gasteiger partial charge in [-0.2, -0.15) is 0 Å². The average molecular weight is 370 g/mol. The number of carbonyl (C=O) groups excluding carboxylic acids is 1. The molecule has 0 aliphatic heterocycles. The number of hydrogen-bond donors (Lipinski definition) is 1. The summed E-state index contributed by atoms with van der Waals surface area (Å²) in [5, 5.41) is 2.11. The average Bonchev–Trinajstić information content (AvgIpc) is 2.57. The number of amides is 1. The van der Waals surface area contributed by atoms with Crippen LogP contribution in [-0.4, -0.2) is 27.7 Å². The molecule has 0 saturated heterocycles. The fourth-order valence-corrected chi connectivity index (χ4v) is 2.98. The number of hydrogen-bond acceptors (Lipinski definition) is 3. The van der Waals surface area contributed by atoms with Gasteiger partial charge in [-0.3, -0.25) is 9.00 Å². The van der Waals surface area contributed by atoms with Crippen molar-refractivity contribution in [2.24, 2.45) is 0 Å². The number of nitrogens with one attached hydrogen (secondary N) is 1. The number of anilines is 1. The summed E-state index contributed by atoms with van der Waals surface area (Å²) < 4.78 is 31.2. The van der Waals surface area contributed by atoms with Crippen molar-refractivity contribution in [3.63, 3.8) is 0 Å². The van der Waals surface area contributed by atoms with E-state index in [1.807, 2.05) is 0 Å². The molecule has 0 aliphatic rings. The maximum atomic E-state index is 13.5. The Balaban J connectivity index is 1.84. The predicted molar refractivity (Wildman–Crippen MR) is 94.4 cm³/mol. The van der Waals surface area contributed by atoms with E-state index in [1.165, 1.54) is 25.1 Å². The maximum absolute atomic E-state index is 13.5. The Morgan fingerprint density at radius 1 is 1.25 bits per heavy atom. The first-order chi connectivity index (χ1) is 11.5. The normalized spacial score (nSPS) is 13.1. The maximum Gasteiger partial charge on any atom is 0.239 e. The Bertz CT molecular complexity index is 741. The van der Waals surface area contributed by atoms with Gasteiger partial charge in [-0.15, -0.1) is 0 Å². The number of benzene rings is 2. The second-order valence-corrected chi connectivity index (χ2v) is 7.26. The molecule has 1 amide bonds. The van der Waals surface area contributed by atoms with E-state index in [0.29, 0.717) is 10.8 Å². The first-order valence-corrected chi connectivity index (χ1v) is 9.05. The van der Waals surface area contributed by atoms with Crippen molar-refractivity contribution in [3.05, 3.63) is 59.4 Å². The second-order valence-electron chi connectivity index (χ2n) is 4.98. The van der Waals surface area contributed by atoms with Crippen molar-refractivity contribution >= 4 is 34.0 Å². The Labute approximate surface area is 147 Å². The fourth-order valence-electron chi connectivity index (χ4n) is 1.89. The molecule has 7 heteroatoms. The minimum Gasteiger partial charge on any atom is -0.491 e. The summed E-state index contributed by atoms with van der Waals surface area (Å²) in [5.41, 5.74) is 0.0682. The van der Waals surface area contributed by atoms with Crippen LogP contribution in [-0.2, 0) is 15.6 Å². The van der Waals surface area contributed by atoms with Gasteiger partial charge in [-0.1, -0.05) is 35.9 Å². The van der Waals surface area contributed by atoms with Gasteiger partial charge in [0, 0.05) is 10.8 Å². The minimum absolute atomic E-state index is 0.0682. The molecule has 0 bridgehead atoms. The van der Waals surface area contributed by atoms with Crippen molar-refractivity contribution in [1.29, 1.82) is 0 Å². The SMILES string of the molecule is CC(C(=O)Nc1ccccc1F)S(=O)CCOc1ccccc1Cl. The van der Waals surface area contributed by atoms with E-state index in [4.69, 9.17) is 16.3 Å². The molecule has 128 valence electrons. The molecule has 2 rings (SSSR count). The van der Waals surface area contributed by atoms with Crippen LogP contribution < -0.4 is 10.1 Å². The van der Waals surface area contributed by atoms with E-state index >= 15 is 0 Å². The van der Waals surface area contributed by atoms with Crippen molar-refractivity contribution in [1.82, 2.24) is 0 Å². The molecule has 2 aromatic rings. The van der Waals surface area contributed by atoms with Crippen molar-refractivity contribution < 1.29 is 18.1 Å². The van der Waals surface area contributed by atoms with Gasteiger partial charge in [0.2, 0.25) is 5.91 Å². The highest BCUT2D eigenvalue weighted by Gasteiger charge is 2.21. The standard InChI is InChI=1S/C17H17ClFNO3S/c1-12(17(21)20-15-8-4-3-7-14(15)19)24(22)11-10-23-16-9-5-2-6-13(16)18/h2-9,12H,10-11H2,1H3,(H,20,21). The first kappa shape index (κ1) is 18.4. The zero-order chi connectivity index (χ0) is 17.5. The largest absolute Gasteiger partial charge is 0.491 e. The van der Waals surface area contributed by atoms with E-state index in [2.05, 4.69) is 5.32 Å². The zero-order valence-corrected chi connectivity index (χ0v) is 14.6. The van der Waals surface area contributed by atoms with Gasteiger partial charge in [0.25, 0.3) is 0 Å². The van der Waals surface area contributed by atoms with Crippen LogP contribution in [0.15, 0.2) is 48.5 Å². The van der Waals surface area contributed by atoms with E-state index in [9.17, 15) is 13.4 Å². The predicted octanol–water partition coefficient (Wildman–Crippen LogP) is 3.63. The zero-order valence-electron chi connectivity index (χ0n) is 13.0. The minimum atomic E-state index is -1.46. The summed E-state index contributed by atoms with van der Waals surface area (Å²) in [7, 11) is -1.46. The highest BCUT2D eigenvalue weighted by atomic mass is 35.5. The van der Waals surface area contributed by atoms with Gasteiger partial charge < -0.3 is 10.1 Å². The molecular weight excluding hydrogens is 353 g/mol. The summed E-state index contributed by atoms with van der Waals surface area (Å²) in [4.78, 5) is 12.1. The lowest BCUT2D eigenvalue weighted by Gasteiger charge is -2.13. The molecule has 24 heavy (non-hydrogen) atoms. The van der Waals surface area contributed by atoms with E-state index in [0.717, 1.165) is 0 Å². The van der Waals surface area contributed by atoms with Crippen molar-refractivity contribution in [2.75, 3.05) is 17.7 Å². The molecule has 4 nitrogen and oxygen atoms in total. The molecule has 0 fully saturated rings. The lowest BCUT2D eigenvalue weighted by Crippen LogP contribution is -2.31. The van der Waals surface area contributed by atoms with E-state index in [1.54, 1.807) is 30.3 Å². The number of para-hydroxylation sites is 2. The third-order valence-electron chi connectivity index (χ3n) is 3.27. The Hall–Kier alpha value is -1.92. The lowest BCUT2D eigenvalue weighted by atomic mass is 10.3. The van der Waals surface area contributed by atoms with Crippen LogP contribution in [0.5, 0.6) is 5.75 Å². The topological polar surface area (TPSA) is 55.4 Å². The third-order valence-corrected chi connectivity index (χ3v) is 5.16. The monoisotopic (exact) mass is 369 g/mol. The number of carbonyl (C=O) groups is 1. The van der Waals surface area contributed by atoms with Crippen LogP contribution in [0.1, 0.15) is 6.92 Å². The molecule has 0 aliphatic carbocycles. The Morgan fingerprint density at radius 3 is 2.62 bits per heavy atom. The van der Waals surface area contributed by atoms with Gasteiger partial charge in [0.05, 0.1) is 23.1 Å². The number of halogens is 2. The number of ether oxygens (including phenoxy) is 1. The quantitative estimate of drug-likeness (QED) is 0.810. The first-order valence-electron chi connectivity index (χ1n) is 7.29. The van der Waals surface area contributed by atoms with Crippen molar-refractivity contribution in [2.45, 2.75) is 12.2 Å². The Morgan fingerprint density at radius 2 is 1.92 bits per heavy atom. The summed E-state index contributed by atoms with van der Waals surface area (Å²) >= 11 is 5.96. The highest BCUT2D eigenvalue weighted by Crippen LogP contribution is 2.23. The van der Waals surface area contributed by atoms with Crippen LogP contribution in [0.3, 0.4) is 0 Å². The van der Waals surface area contributed by atoms with Crippen LogP contribution in [0, 0.1) is 5.82 Å². The number of rotatable bonds is 7. The van der Waals surface area contributed by atoms with E-state index in [-0.39, 0.29) is 18.0 Å². The molecule has 1 N–H and O–H groups in total. The summed E-state index contributed by atoms with van der Waals surface area (Å²) in [6, 6.07) is 12.8. The highest BCUT2D eigenvalue weighted by molar-refractivity contribution is 7.86. The van der Waals surface area contributed by atoms with E-state index < -0.39 is 27.8 Å². The summed E-state index contributed by atoms with van der Waals surface area (Å²) in [6.07, 6.45) is 0. The molecular formula is C17H17ClFNO3S. The molecule has 0 spiro atoms. The van der Waals surface area contributed by atoms with Crippen LogP contribution in [0.2, 0.25) is 5.02 Å². The van der Waals surface area contributed by atoms with Gasteiger partial charge in [0.1, 0.15) is 16.8 Å². The van der Waals surface area contributed by atoms with Crippen LogP contribution >= 0.6 is 11.6 Å². The fraction of sp³-hybridized carbons (Fsp3) is 0.235. The lowest BCUT2D eigenvalue weighted by molar-refractivity contribution is -0.115. The third kappa shape index (κ3) is 5.04.